The number of carbonyl (C=O) groups is 1. The van der Waals surface area contributed by atoms with Gasteiger partial charge in [-0.05, 0) is 29.8 Å². The first-order valence-corrected chi connectivity index (χ1v) is 8.27. The van der Waals surface area contributed by atoms with Gasteiger partial charge in [-0.2, -0.15) is 0 Å². The maximum Gasteiger partial charge on any atom is 0.226 e. The number of nitrogens with one attached hydrogen (secondary N) is 2. The first kappa shape index (κ1) is 20.2. The molecule has 0 saturated carbocycles. The number of anilines is 1. The maximum absolute atomic E-state index is 13.2. The Morgan fingerprint density at radius 1 is 1.27 bits per heavy atom. The Balaban J connectivity index is 0.00000243. The molecule has 2 aromatic carbocycles. The average molecular weight is 381 g/mol. The summed E-state index contributed by atoms with van der Waals surface area (Å²) < 4.78 is 24.2. The molecular formula is C19H22ClFN2O3. The third kappa shape index (κ3) is 6.29. The lowest BCUT2D eigenvalue weighted by molar-refractivity contribution is -0.117. The van der Waals surface area contributed by atoms with Crippen molar-refractivity contribution in [2.75, 3.05) is 25.1 Å². The minimum atomic E-state index is -0.289. The normalized spacial score (nSPS) is 16.4. The van der Waals surface area contributed by atoms with Gasteiger partial charge in [-0.1, -0.05) is 18.2 Å². The molecule has 1 heterocycles. The molecule has 140 valence electrons. The molecule has 1 fully saturated rings. The lowest BCUT2D eigenvalue weighted by Crippen LogP contribution is -2.43. The summed E-state index contributed by atoms with van der Waals surface area (Å²) in [5.74, 6) is 0.244. The molecule has 1 aliphatic heterocycles. The average Bonchev–Trinajstić information content (AvgIpc) is 2.61. The molecule has 0 radical (unpaired) electrons. The summed E-state index contributed by atoms with van der Waals surface area (Å²) in [6.07, 6.45) is 0.356. The number of morpholine rings is 1. The number of ether oxygens (including phenoxy) is 2. The van der Waals surface area contributed by atoms with Gasteiger partial charge >= 0.3 is 0 Å². The van der Waals surface area contributed by atoms with Gasteiger partial charge in [0.15, 0.2) is 0 Å². The summed E-state index contributed by atoms with van der Waals surface area (Å²) >= 11 is 0. The van der Waals surface area contributed by atoms with E-state index in [2.05, 4.69) is 10.6 Å². The number of rotatable bonds is 6. The van der Waals surface area contributed by atoms with Gasteiger partial charge in [0.2, 0.25) is 5.91 Å². The Morgan fingerprint density at radius 2 is 2.12 bits per heavy atom. The molecule has 0 aromatic heterocycles. The second-order valence-corrected chi connectivity index (χ2v) is 5.92. The van der Waals surface area contributed by atoms with Gasteiger partial charge < -0.3 is 20.1 Å². The molecule has 0 bridgehead atoms. The third-order valence-electron chi connectivity index (χ3n) is 3.84. The zero-order valence-electron chi connectivity index (χ0n) is 14.2. The second kappa shape index (κ2) is 10.1. The summed E-state index contributed by atoms with van der Waals surface area (Å²) in [5, 5.41) is 6.11. The number of hydrogen-bond acceptors (Lipinski definition) is 4. The van der Waals surface area contributed by atoms with Crippen molar-refractivity contribution in [1.82, 2.24) is 5.32 Å². The van der Waals surface area contributed by atoms with E-state index in [1.54, 1.807) is 36.4 Å². The smallest absolute Gasteiger partial charge is 0.226 e. The van der Waals surface area contributed by atoms with Crippen molar-refractivity contribution in [3.63, 3.8) is 0 Å². The lowest BCUT2D eigenvalue weighted by atomic mass is 10.2. The number of halogens is 2. The highest BCUT2D eigenvalue weighted by Gasteiger charge is 2.16. The summed E-state index contributed by atoms with van der Waals surface area (Å²) in [6, 6.07) is 13.5. The van der Waals surface area contributed by atoms with Crippen LogP contribution in [0, 0.1) is 5.82 Å². The van der Waals surface area contributed by atoms with E-state index in [1.165, 1.54) is 12.1 Å². The van der Waals surface area contributed by atoms with Crippen LogP contribution in [0.25, 0.3) is 0 Å². The molecule has 3 rings (SSSR count). The highest BCUT2D eigenvalue weighted by atomic mass is 35.5. The first-order chi connectivity index (χ1) is 12.2. The fourth-order valence-corrected chi connectivity index (χ4v) is 2.64. The number of carbonyl (C=O) groups excluding carboxylic acids is 1. The topological polar surface area (TPSA) is 59.6 Å². The summed E-state index contributed by atoms with van der Waals surface area (Å²) in [5.41, 5.74) is 1.41. The van der Waals surface area contributed by atoms with Crippen LogP contribution in [0.3, 0.4) is 0 Å². The Hall–Kier alpha value is -2.15. The molecule has 5 nitrogen and oxygen atoms in total. The van der Waals surface area contributed by atoms with Crippen LogP contribution >= 0.6 is 12.4 Å². The first-order valence-electron chi connectivity index (χ1n) is 8.27. The quantitative estimate of drug-likeness (QED) is 0.808. The maximum atomic E-state index is 13.2. The molecule has 1 unspecified atom stereocenters. The summed E-state index contributed by atoms with van der Waals surface area (Å²) in [4.78, 5) is 12.1. The molecule has 26 heavy (non-hydrogen) atoms. The molecule has 1 amide bonds. The molecule has 1 aliphatic rings. The molecule has 0 spiro atoms. The highest BCUT2D eigenvalue weighted by Crippen LogP contribution is 2.19. The summed E-state index contributed by atoms with van der Waals surface area (Å²) in [6.45, 7) is 2.26. The van der Waals surface area contributed by atoms with Crippen molar-refractivity contribution < 1.29 is 18.7 Å². The highest BCUT2D eigenvalue weighted by molar-refractivity contribution is 5.91. The molecule has 7 heteroatoms. The SMILES string of the molecule is Cl.O=C(CC1COCCN1)Nc1cccc(OCc2cccc(F)c2)c1. The Kier molecular flexibility index (Phi) is 7.84. The van der Waals surface area contributed by atoms with Gasteiger partial charge in [0.05, 0.1) is 13.2 Å². The van der Waals surface area contributed by atoms with E-state index in [0.717, 1.165) is 12.1 Å². The fourth-order valence-electron chi connectivity index (χ4n) is 2.64. The summed E-state index contributed by atoms with van der Waals surface area (Å²) in [7, 11) is 0. The van der Waals surface area contributed by atoms with Gasteiger partial charge in [-0.25, -0.2) is 4.39 Å². The Bertz CT molecular complexity index is 723. The number of amides is 1. The minimum absolute atomic E-state index is 0. The third-order valence-corrected chi connectivity index (χ3v) is 3.84. The van der Waals surface area contributed by atoms with E-state index in [1.807, 2.05) is 0 Å². The molecule has 2 aromatic rings. The van der Waals surface area contributed by atoms with E-state index >= 15 is 0 Å². The van der Waals surface area contributed by atoms with Crippen LogP contribution in [0.5, 0.6) is 5.75 Å². The van der Waals surface area contributed by atoms with Gasteiger partial charge in [-0.3, -0.25) is 4.79 Å². The zero-order valence-corrected chi connectivity index (χ0v) is 15.1. The van der Waals surface area contributed by atoms with E-state index in [-0.39, 0.29) is 36.8 Å². The minimum Gasteiger partial charge on any atom is -0.489 e. The molecule has 1 atom stereocenters. The lowest BCUT2D eigenvalue weighted by Gasteiger charge is -2.23. The van der Waals surface area contributed by atoms with E-state index in [9.17, 15) is 9.18 Å². The van der Waals surface area contributed by atoms with Crippen molar-refractivity contribution in [2.24, 2.45) is 0 Å². The van der Waals surface area contributed by atoms with Crippen LogP contribution < -0.4 is 15.4 Å². The van der Waals surface area contributed by atoms with Crippen LogP contribution in [0.4, 0.5) is 10.1 Å². The van der Waals surface area contributed by atoms with Crippen LogP contribution in [-0.2, 0) is 16.1 Å². The van der Waals surface area contributed by atoms with Crippen molar-refractivity contribution in [1.29, 1.82) is 0 Å². The largest absolute Gasteiger partial charge is 0.489 e. The monoisotopic (exact) mass is 380 g/mol. The predicted molar refractivity (Wildman–Crippen MR) is 100 cm³/mol. The Morgan fingerprint density at radius 3 is 2.88 bits per heavy atom. The van der Waals surface area contributed by atoms with Crippen LogP contribution in [-0.4, -0.2) is 31.7 Å². The number of benzene rings is 2. The number of hydrogen-bond donors (Lipinski definition) is 2. The van der Waals surface area contributed by atoms with Crippen LogP contribution in [0.15, 0.2) is 48.5 Å². The van der Waals surface area contributed by atoms with Crippen LogP contribution in [0.1, 0.15) is 12.0 Å². The standard InChI is InChI=1S/C19H21FN2O3.ClH/c20-15-4-1-3-14(9-15)12-25-18-6-2-5-16(10-18)22-19(23)11-17-13-24-8-7-21-17;/h1-6,9-10,17,21H,7-8,11-13H2,(H,22,23);1H. The van der Waals surface area contributed by atoms with Gasteiger partial charge in [-0.15, -0.1) is 12.4 Å². The van der Waals surface area contributed by atoms with Crippen LogP contribution in [0.2, 0.25) is 0 Å². The Labute approximate surface area is 158 Å². The van der Waals surface area contributed by atoms with Crippen molar-refractivity contribution in [3.05, 3.63) is 59.9 Å². The van der Waals surface area contributed by atoms with E-state index in [4.69, 9.17) is 9.47 Å². The molecule has 0 aliphatic carbocycles. The molecule has 2 N–H and O–H groups in total. The van der Waals surface area contributed by atoms with Gasteiger partial charge in [0, 0.05) is 30.8 Å². The second-order valence-electron chi connectivity index (χ2n) is 5.92. The van der Waals surface area contributed by atoms with Crippen molar-refractivity contribution in [3.8, 4) is 5.75 Å². The molecular weight excluding hydrogens is 359 g/mol. The van der Waals surface area contributed by atoms with E-state index in [0.29, 0.717) is 31.1 Å². The van der Waals surface area contributed by atoms with E-state index < -0.39 is 0 Å². The van der Waals surface area contributed by atoms with Crippen molar-refractivity contribution >= 4 is 24.0 Å². The predicted octanol–water partition coefficient (Wildman–Crippen LogP) is 3.14. The molecule has 1 saturated heterocycles. The van der Waals surface area contributed by atoms with Gasteiger partial charge in [0.1, 0.15) is 18.2 Å². The zero-order chi connectivity index (χ0) is 17.5. The fraction of sp³-hybridized carbons (Fsp3) is 0.316. The van der Waals surface area contributed by atoms with Gasteiger partial charge in [0.25, 0.3) is 0 Å². The van der Waals surface area contributed by atoms with Crippen molar-refractivity contribution in [2.45, 2.75) is 19.1 Å².